The molecule has 27 heavy (non-hydrogen) atoms. The molecule has 3 rings (SSSR count). The molecule has 1 aromatic heterocycles. The summed E-state index contributed by atoms with van der Waals surface area (Å²) in [6.07, 6.45) is 6.89. The van der Waals surface area contributed by atoms with Crippen LogP contribution in [0.15, 0.2) is 41.9 Å². The van der Waals surface area contributed by atoms with Gasteiger partial charge in [0, 0.05) is 32.0 Å². The van der Waals surface area contributed by atoms with Gasteiger partial charge in [-0.3, -0.25) is 0 Å². The van der Waals surface area contributed by atoms with E-state index < -0.39 is 0 Å². The average Bonchev–Trinajstić information content (AvgIpc) is 3.16. The summed E-state index contributed by atoms with van der Waals surface area (Å²) in [7, 11) is 0. The molecule has 5 nitrogen and oxygen atoms in total. The Hall–Kier alpha value is -1.64. The highest BCUT2D eigenvalue weighted by Crippen LogP contribution is 2.27. The van der Waals surface area contributed by atoms with Gasteiger partial charge in [0.25, 0.3) is 0 Å². The molecule has 2 unspecified atom stereocenters. The fourth-order valence-corrected chi connectivity index (χ4v) is 3.49. The van der Waals surface area contributed by atoms with Gasteiger partial charge in [0.2, 0.25) is 0 Å². The number of nitrogens with zero attached hydrogens (tertiary/aromatic N) is 4. The molecule has 0 amide bonds. The van der Waals surface area contributed by atoms with Crippen LogP contribution in [0, 0.1) is 18.7 Å². The van der Waals surface area contributed by atoms with Crippen molar-refractivity contribution < 1.29 is 4.39 Å². The highest BCUT2D eigenvalue weighted by molar-refractivity contribution is 14.0. The molecule has 0 saturated carbocycles. The summed E-state index contributed by atoms with van der Waals surface area (Å²) in [4.78, 5) is 11.3. The largest absolute Gasteiger partial charge is 0.357 e. The van der Waals surface area contributed by atoms with Crippen molar-refractivity contribution in [2.24, 2.45) is 10.9 Å². The van der Waals surface area contributed by atoms with Crippen LogP contribution in [0.2, 0.25) is 0 Å². The summed E-state index contributed by atoms with van der Waals surface area (Å²) in [5, 5.41) is 3.41. The summed E-state index contributed by atoms with van der Waals surface area (Å²) in [6.45, 7) is 9.43. The number of piperidine rings is 1. The Labute approximate surface area is 178 Å². The van der Waals surface area contributed by atoms with Gasteiger partial charge in [0.1, 0.15) is 5.82 Å². The normalized spacial score (nSPS) is 20.3. The smallest absolute Gasteiger partial charge is 0.194 e. The lowest BCUT2D eigenvalue weighted by Crippen LogP contribution is -2.49. The molecule has 2 aromatic rings. The topological polar surface area (TPSA) is 45.5 Å². The fraction of sp³-hybridized carbons (Fsp3) is 0.500. The van der Waals surface area contributed by atoms with Gasteiger partial charge in [-0.25, -0.2) is 14.4 Å². The molecular formula is C20H29FIN5. The molecular weight excluding hydrogens is 456 g/mol. The zero-order valence-corrected chi connectivity index (χ0v) is 18.6. The van der Waals surface area contributed by atoms with E-state index in [1.165, 1.54) is 6.07 Å². The summed E-state index contributed by atoms with van der Waals surface area (Å²) in [5.74, 6) is 1.35. The Morgan fingerprint density at radius 3 is 2.89 bits per heavy atom. The maximum atomic E-state index is 13.5. The van der Waals surface area contributed by atoms with Crippen LogP contribution in [0.25, 0.3) is 0 Å². The van der Waals surface area contributed by atoms with Gasteiger partial charge < -0.3 is 14.8 Å². The van der Waals surface area contributed by atoms with Gasteiger partial charge in [0.15, 0.2) is 5.96 Å². The summed E-state index contributed by atoms with van der Waals surface area (Å²) in [5.41, 5.74) is 1.69. The Balaban J connectivity index is 0.00000261. The van der Waals surface area contributed by atoms with Crippen LogP contribution in [-0.2, 0) is 6.54 Å². The van der Waals surface area contributed by atoms with Gasteiger partial charge in [-0.05, 0) is 43.4 Å². The second-order valence-electron chi connectivity index (χ2n) is 7.04. The average molecular weight is 485 g/mol. The second kappa shape index (κ2) is 10.1. The van der Waals surface area contributed by atoms with E-state index in [9.17, 15) is 4.39 Å². The van der Waals surface area contributed by atoms with E-state index in [1.54, 1.807) is 6.92 Å². The number of hydrogen-bond donors (Lipinski definition) is 1. The minimum atomic E-state index is -0.169. The Morgan fingerprint density at radius 2 is 2.22 bits per heavy atom. The predicted octanol–water partition coefficient (Wildman–Crippen LogP) is 4.00. The van der Waals surface area contributed by atoms with E-state index in [-0.39, 0.29) is 29.8 Å². The lowest BCUT2D eigenvalue weighted by atomic mass is 9.93. The van der Waals surface area contributed by atoms with E-state index in [2.05, 4.69) is 33.6 Å². The number of aromatic nitrogens is 2. The molecule has 1 aliphatic heterocycles. The number of guanidine groups is 1. The molecule has 0 bridgehead atoms. The van der Waals surface area contributed by atoms with E-state index in [0.29, 0.717) is 24.1 Å². The van der Waals surface area contributed by atoms with E-state index in [4.69, 9.17) is 4.99 Å². The first-order valence-corrected chi connectivity index (χ1v) is 9.34. The third-order valence-electron chi connectivity index (χ3n) is 5.09. The number of rotatable bonds is 4. The number of aliphatic imine (C=N–C) groups is 1. The molecule has 1 N–H and O–H groups in total. The Bertz CT molecular complexity index is 747. The van der Waals surface area contributed by atoms with Crippen molar-refractivity contribution >= 4 is 29.9 Å². The number of likely N-dealkylation sites (tertiary alicyclic amines) is 1. The minimum absolute atomic E-state index is 0. The molecule has 148 valence electrons. The first kappa shape index (κ1) is 21.7. The van der Waals surface area contributed by atoms with Gasteiger partial charge in [-0.15, -0.1) is 24.0 Å². The highest BCUT2D eigenvalue weighted by Gasteiger charge is 2.28. The number of halogens is 2. The van der Waals surface area contributed by atoms with E-state index >= 15 is 0 Å². The first-order chi connectivity index (χ1) is 12.6. The van der Waals surface area contributed by atoms with Gasteiger partial charge in [-0.2, -0.15) is 0 Å². The SMILES string of the molecule is CCNC(=NCc1ccc(F)c(C)c1)N1CCC(C)C(n2ccnc2)C1.I. The molecule has 0 radical (unpaired) electrons. The Morgan fingerprint density at radius 1 is 1.41 bits per heavy atom. The zero-order valence-electron chi connectivity index (χ0n) is 16.2. The molecule has 7 heteroatoms. The molecule has 2 heterocycles. The molecule has 1 saturated heterocycles. The van der Waals surface area contributed by atoms with Crippen molar-refractivity contribution in [1.29, 1.82) is 0 Å². The molecule has 0 aliphatic carbocycles. The summed E-state index contributed by atoms with van der Waals surface area (Å²) in [6, 6.07) is 5.59. The maximum Gasteiger partial charge on any atom is 0.194 e. The van der Waals surface area contributed by atoms with E-state index in [0.717, 1.165) is 37.6 Å². The van der Waals surface area contributed by atoms with Crippen molar-refractivity contribution in [2.75, 3.05) is 19.6 Å². The highest BCUT2D eigenvalue weighted by atomic mass is 127. The number of hydrogen-bond acceptors (Lipinski definition) is 2. The molecule has 0 spiro atoms. The van der Waals surface area contributed by atoms with Crippen LogP contribution in [-0.4, -0.2) is 40.0 Å². The number of benzene rings is 1. The lowest BCUT2D eigenvalue weighted by Gasteiger charge is -2.39. The minimum Gasteiger partial charge on any atom is -0.357 e. The summed E-state index contributed by atoms with van der Waals surface area (Å²) >= 11 is 0. The van der Waals surface area contributed by atoms with Gasteiger partial charge in [0.05, 0.1) is 18.9 Å². The first-order valence-electron chi connectivity index (χ1n) is 9.34. The number of nitrogens with one attached hydrogen (secondary N) is 1. The number of imidazole rings is 1. The standard InChI is InChI=1S/C20H28FN5.HI/c1-4-23-20(24-12-17-5-6-18(21)16(3)11-17)25-9-7-15(2)19(13-25)26-10-8-22-14-26;/h5-6,8,10-11,14-15,19H,4,7,9,12-13H2,1-3H3,(H,23,24);1H. The van der Waals surface area contributed by atoms with Crippen LogP contribution in [0.3, 0.4) is 0 Å². The van der Waals surface area contributed by atoms with E-state index in [1.807, 2.05) is 30.9 Å². The lowest BCUT2D eigenvalue weighted by molar-refractivity contribution is 0.189. The second-order valence-corrected chi connectivity index (χ2v) is 7.04. The van der Waals surface area contributed by atoms with Crippen LogP contribution in [0.1, 0.15) is 37.4 Å². The van der Waals surface area contributed by atoms with Crippen LogP contribution in [0.4, 0.5) is 4.39 Å². The maximum absolute atomic E-state index is 13.5. The van der Waals surface area contributed by atoms with Crippen molar-refractivity contribution in [1.82, 2.24) is 19.8 Å². The fourth-order valence-electron chi connectivity index (χ4n) is 3.49. The van der Waals surface area contributed by atoms with Gasteiger partial charge in [-0.1, -0.05) is 19.1 Å². The third kappa shape index (κ3) is 5.43. The molecule has 2 atom stereocenters. The van der Waals surface area contributed by atoms with Crippen LogP contribution < -0.4 is 5.32 Å². The van der Waals surface area contributed by atoms with Crippen molar-refractivity contribution in [3.63, 3.8) is 0 Å². The van der Waals surface area contributed by atoms with Gasteiger partial charge >= 0.3 is 0 Å². The van der Waals surface area contributed by atoms with Crippen molar-refractivity contribution in [3.05, 3.63) is 53.9 Å². The van der Waals surface area contributed by atoms with Crippen molar-refractivity contribution in [2.45, 2.75) is 39.8 Å². The third-order valence-corrected chi connectivity index (χ3v) is 5.09. The monoisotopic (exact) mass is 485 g/mol. The molecule has 1 fully saturated rings. The number of aryl methyl sites for hydroxylation is 1. The molecule has 1 aliphatic rings. The van der Waals surface area contributed by atoms with Crippen LogP contribution in [0.5, 0.6) is 0 Å². The Kier molecular flexibility index (Phi) is 8.07. The van der Waals surface area contributed by atoms with Crippen molar-refractivity contribution in [3.8, 4) is 0 Å². The molecule has 1 aromatic carbocycles. The summed E-state index contributed by atoms with van der Waals surface area (Å²) < 4.78 is 15.7. The quantitative estimate of drug-likeness (QED) is 0.405. The van der Waals surface area contributed by atoms with Crippen LogP contribution >= 0.6 is 24.0 Å². The zero-order chi connectivity index (χ0) is 18.5. The predicted molar refractivity (Wildman–Crippen MR) is 118 cm³/mol.